The molecule has 0 unspecified atom stereocenters. The van der Waals surface area contributed by atoms with Gasteiger partial charge in [0.05, 0.1) is 0 Å². The summed E-state index contributed by atoms with van der Waals surface area (Å²) in [4.78, 5) is 20.0. The summed E-state index contributed by atoms with van der Waals surface area (Å²) >= 11 is 0. The SMILES string of the molecule is CN=C(NCc1ccc(CN2CCCC2=O)cc1)N(C)Cc1ccc(F)cc1. The Labute approximate surface area is 165 Å². The van der Waals surface area contributed by atoms with Gasteiger partial charge in [0.15, 0.2) is 5.96 Å². The zero-order valence-corrected chi connectivity index (χ0v) is 16.5. The van der Waals surface area contributed by atoms with Gasteiger partial charge < -0.3 is 15.1 Å². The van der Waals surface area contributed by atoms with Crippen molar-refractivity contribution < 1.29 is 9.18 Å². The molecule has 1 fully saturated rings. The summed E-state index contributed by atoms with van der Waals surface area (Å²) in [6.07, 6.45) is 1.64. The molecule has 0 bridgehead atoms. The van der Waals surface area contributed by atoms with Gasteiger partial charge in [-0.3, -0.25) is 9.79 Å². The van der Waals surface area contributed by atoms with Gasteiger partial charge in [-0.25, -0.2) is 4.39 Å². The maximum absolute atomic E-state index is 13.0. The average Bonchev–Trinajstić information content (AvgIpc) is 3.10. The standard InChI is InChI=1S/C22H27FN4O/c1-24-22(26(2)15-18-9-11-20(23)12-10-18)25-14-17-5-7-19(8-6-17)16-27-13-3-4-21(27)28/h5-12H,3-4,13-16H2,1-2H3,(H,24,25). The molecule has 1 aliphatic rings. The molecule has 0 saturated carbocycles. The van der Waals surface area contributed by atoms with Gasteiger partial charge in [-0.05, 0) is 35.2 Å². The number of hydrogen-bond donors (Lipinski definition) is 1. The summed E-state index contributed by atoms with van der Waals surface area (Å²) in [5.41, 5.74) is 3.32. The Hall–Kier alpha value is -2.89. The summed E-state index contributed by atoms with van der Waals surface area (Å²) in [6.45, 7) is 2.85. The van der Waals surface area contributed by atoms with Gasteiger partial charge in [0.1, 0.15) is 5.82 Å². The van der Waals surface area contributed by atoms with Crippen molar-refractivity contribution in [1.82, 2.24) is 15.1 Å². The summed E-state index contributed by atoms with van der Waals surface area (Å²) in [5, 5.41) is 3.35. The van der Waals surface area contributed by atoms with E-state index >= 15 is 0 Å². The van der Waals surface area contributed by atoms with Gasteiger partial charge in [0, 0.05) is 46.7 Å². The molecular formula is C22H27FN4O. The number of carbonyl (C=O) groups excluding carboxylic acids is 1. The highest BCUT2D eigenvalue weighted by Gasteiger charge is 2.19. The van der Waals surface area contributed by atoms with Crippen molar-refractivity contribution in [2.24, 2.45) is 4.99 Å². The van der Waals surface area contributed by atoms with Crippen molar-refractivity contribution in [2.45, 2.75) is 32.5 Å². The van der Waals surface area contributed by atoms with Crippen LogP contribution in [0.15, 0.2) is 53.5 Å². The van der Waals surface area contributed by atoms with E-state index in [0.29, 0.717) is 26.1 Å². The molecule has 6 heteroatoms. The molecule has 0 aliphatic carbocycles. The molecule has 1 amide bonds. The molecule has 2 aromatic carbocycles. The molecule has 1 saturated heterocycles. The van der Waals surface area contributed by atoms with Gasteiger partial charge in [-0.1, -0.05) is 36.4 Å². The first-order chi connectivity index (χ1) is 13.5. The summed E-state index contributed by atoms with van der Waals surface area (Å²) < 4.78 is 13.0. The van der Waals surface area contributed by atoms with Gasteiger partial charge >= 0.3 is 0 Å². The third-order valence-electron chi connectivity index (χ3n) is 4.92. The molecule has 0 spiro atoms. The van der Waals surface area contributed by atoms with E-state index in [1.54, 1.807) is 19.2 Å². The van der Waals surface area contributed by atoms with Crippen LogP contribution in [0.5, 0.6) is 0 Å². The Balaban J connectivity index is 1.51. The lowest BCUT2D eigenvalue weighted by Crippen LogP contribution is -2.38. The number of nitrogens with zero attached hydrogens (tertiary/aromatic N) is 3. The van der Waals surface area contributed by atoms with Crippen molar-refractivity contribution in [3.05, 3.63) is 71.0 Å². The number of aliphatic imine (C=N–C) groups is 1. The molecule has 3 rings (SSSR count). The fourth-order valence-corrected chi connectivity index (χ4v) is 3.36. The van der Waals surface area contributed by atoms with Gasteiger partial charge in [0.2, 0.25) is 5.91 Å². The van der Waals surface area contributed by atoms with Gasteiger partial charge in [-0.15, -0.1) is 0 Å². The van der Waals surface area contributed by atoms with Crippen molar-refractivity contribution >= 4 is 11.9 Å². The highest BCUT2D eigenvalue weighted by molar-refractivity contribution is 5.79. The minimum atomic E-state index is -0.230. The van der Waals surface area contributed by atoms with Crippen LogP contribution in [0.25, 0.3) is 0 Å². The summed E-state index contributed by atoms with van der Waals surface area (Å²) in [5.74, 6) is 0.793. The number of hydrogen-bond acceptors (Lipinski definition) is 2. The minimum absolute atomic E-state index is 0.230. The first-order valence-corrected chi connectivity index (χ1v) is 9.57. The zero-order valence-electron chi connectivity index (χ0n) is 16.5. The molecule has 1 N–H and O–H groups in total. The van der Waals surface area contributed by atoms with Crippen LogP contribution in [-0.4, -0.2) is 42.3 Å². The normalized spacial score (nSPS) is 14.5. The highest BCUT2D eigenvalue weighted by Crippen LogP contribution is 2.15. The van der Waals surface area contributed by atoms with E-state index in [4.69, 9.17) is 0 Å². The van der Waals surface area contributed by atoms with E-state index in [1.807, 2.05) is 16.8 Å². The number of halogens is 1. The molecule has 1 heterocycles. The molecule has 28 heavy (non-hydrogen) atoms. The number of rotatable bonds is 6. The number of carbonyl (C=O) groups is 1. The lowest BCUT2D eigenvalue weighted by Gasteiger charge is -2.22. The maximum atomic E-state index is 13.0. The zero-order chi connectivity index (χ0) is 19.9. The second kappa shape index (κ2) is 9.35. The van der Waals surface area contributed by atoms with Crippen LogP contribution in [0.4, 0.5) is 4.39 Å². The Morgan fingerprint density at radius 3 is 2.36 bits per heavy atom. The molecule has 0 radical (unpaired) electrons. The summed E-state index contributed by atoms with van der Waals surface area (Å²) in [6, 6.07) is 14.8. The van der Waals surface area contributed by atoms with Gasteiger partial charge in [-0.2, -0.15) is 0 Å². The van der Waals surface area contributed by atoms with Crippen molar-refractivity contribution in [1.29, 1.82) is 0 Å². The number of benzene rings is 2. The second-order valence-corrected chi connectivity index (χ2v) is 7.12. The van der Waals surface area contributed by atoms with E-state index in [1.165, 1.54) is 12.1 Å². The number of likely N-dealkylation sites (tertiary alicyclic amines) is 1. The highest BCUT2D eigenvalue weighted by atomic mass is 19.1. The lowest BCUT2D eigenvalue weighted by atomic mass is 10.1. The Morgan fingerprint density at radius 1 is 1.11 bits per heavy atom. The van der Waals surface area contributed by atoms with Crippen molar-refractivity contribution in [2.75, 3.05) is 20.6 Å². The molecule has 5 nitrogen and oxygen atoms in total. The number of guanidine groups is 1. The lowest BCUT2D eigenvalue weighted by molar-refractivity contribution is -0.128. The molecule has 2 aromatic rings. The monoisotopic (exact) mass is 382 g/mol. The predicted octanol–water partition coefficient (Wildman–Crippen LogP) is 3.16. The largest absolute Gasteiger partial charge is 0.352 e. The van der Waals surface area contributed by atoms with E-state index < -0.39 is 0 Å². The molecule has 0 aromatic heterocycles. The van der Waals surface area contributed by atoms with E-state index in [-0.39, 0.29) is 11.7 Å². The quantitative estimate of drug-likeness (QED) is 0.617. The Bertz CT molecular complexity index is 817. The Morgan fingerprint density at radius 2 is 1.75 bits per heavy atom. The van der Waals surface area contributed by atoms with Crippen LogP contribution in [0.2, 0.25) is 0 Å². The van der Waals surface area contributed by atoms with Crippen LogP contribution in [0, 0.1) is 5.82 Å². The minimum Gasteiger partial charge on any atom is -0.352 e. The third kappa shape index (κ3) is 5.31. The predicted molar refractivity (Wildman–Crippen MR) is 109 cm³/mol. The molecule has 1 aliphatic heterocycles. The van der Waals surface area contributed by atoms with E-state index in [0.717, 1.165) is 35.6 Å². The Kier molecular flexibility index (Phi) is 6.63. The average molecular weight is 382 g/mol. The van der Waals surface area contributed by atoms with E-state index in [9.17, 15) is 9.18 Å². The van der Waals surface area contributed by atoms with Crippen LogP contribution in [0.1, 0.15) is 29.5 Å². The maximum Gasteiger partial charge on any atom is 0.222 e. The fourth-order valence-electron chi connectivity index (χ4n) is 3.36. The van der Waals surface area contributed by atoms with Crippen LogP contribution < -0.4 is 5.32 Å². The smallest absolute Gasteiger partial charge is 0.222 e. The molecule has 148 valence electrons. The fraction of sp³-hybridized carbons (Fsp3) is 0.364. The third-order valence-corrected chi connectivity index (χ3v) is 4.92. The first-order valence-electron chi connectivity index (χ1n) is 9.57. The van der Waals surface area contributed by atoms with E-state index in [2.05, 4.69) is 34.6 Å². The number of amides is 1. The molecule has 0 atom stereocenters. The van der Waals surface area contributed by atoms with Crippen molar-refractivity contribution in [3.63, 3.8) is 0 Å². The van der Waals surface area contributed by atoms with Crippen LogP contribution in [0.3, 0.4) is 0 Å². The van der Waals surface area contributed by atoms with Crippen LogP contribution in [-0.2, 0) is 24.4 Å². The van der Waals surface area contributed by atoms with Gasteiger partial charge in [0.25, 0.3) is 0 Å². The number of nitrogens with one attached hydrogen (secondary N) is 1. The van der Waals surface area contributed by atoms with Crippen LogP contribution >= 0.6 is 0 Å². The van der Waals surface area contributed by atoms with Crippen molar-refractivity contribution in [3.8, 4) is 0 Å². The topological polar surface area (TPSA) is 47.9 Å². The second-order valence-electron chi connectivity index (χ2n) is 7.12. The molecular weight excluding hydrogens is 355 g/mol. The first kappa shape index (κ1) is 19.9. The summed E-state index contributed by atoms with van der Waals surface area (Å²) in [7, 11) is 3.70.